The second-order valence-electron chi connectivity index (χ2n) is 6.35. The standard InChI is InChI=1S/C15H28N4O2/c16-13(10-15(17)21)14(20)11-18-6-8-19(9-7-18)12-4-2-1-3-5-12/h12-13H,1-11,16H2,(H2,17,21). The van der Waals surface area contributed by atoms with Crippen molar-refractivity contribution in [3.05, 3.63) is 0 Å². The molecule has 4 N–H and O–H groups in total. The lowest BCUT2D eigenvalue weighted by atomic mass is 9.94. The van der Waals surface area contributed by atoms with Gasteiger partial charge in [0.15, 0.2) is 5.78 Å². The highest BCUT2D eigenvalue weighted by Gasteiger charge is 2.26. The van der Waals surface area contributed by atoms with Crippen LogP contribution in [0.25, 0.3) is 0 Å². The van der Waals surface area contributed by atoms with E-state index in [1.165, 1.54) is 32.1 Å². The van der Waals surface area contributed by atoms with Crippen molar-refractivity contribution >= 4 is 11.7 Å². The molecule has 2 fully saturated rings. The third-order valence-electron chi connectivity index (χ3n) is 4.71. The van der Waals surface area contributed by atoms with Gasteiger partial charge in [-0.2, -0.15) is 0 Å². The summed E-state index contributed by atoms with van der Waals surface area (Å²) in [5.74, 6) is -0.599. The van der Waals surface area contributed by atoms with E-state index >= 15 is 0 Å². The van der Waals surface area contributed by atoms with Crippen LogP contribution in [-0.2, 0) is 9.59 Å². The summed E-state index contributed by atoms with van der Waals surface area (Å²) >= 11 is 0. The molecule has 1 saturated heterocycles. The Labute approximate surface area is 126 Å². The Bertz CT molecular complexity index is 361. The van der Waals surface area contributed by atoms with Crippen molar-refractivity contribution in [2.75, 3.05) is 32.7 Å². The van der Waals surface area contributed by atoms with Gasteiger partial charge in [-0.25, -0.2) is 0 Å². The maximum Gasteiger partial charge on any atom is 0.219 e. The number of ketones is 1. The van der Waals surface area contributed by atoms with Crippen molar-refractivity contribution in [2.24, 2.45) is 11.5 Å². The van der Waals surface area contributed by atoms with Crippen LogP contribution in [0.3, 0.4) is 0 Å². The maximum absolute atomic E-state index is 11.9. The first-order valence-corrected chi connectivity index (χ1v) is 8.09. The number of Topliss-reactive ketones (excluding diaryl/α,β-unsaturated/α-hetero) is 1. The molecule has 1 heterocycles. The minimum Gasteiger partial charge on any atom is -0.370 e. The number of piperazine rings is 1. The van der Waals surface area contributed by atoms with Gasteiger partial charge in [-0.1, -0.05) is 19.3 Å². The molecule has 1 aliphatic heterocycles. The molecule has 1 atom stereocenters. The summed E-state index contributed by atoms with van der Waals surface area (Å²) in [5.41, 5.74) is 10.8. The minimum absolute atomic E-state index is 0.0547. The highest BCUT2D eigenvalue weighted by Crippen LogP contribution is 2.23. The van der Waals surface area contributed by atoms with Gasteiger partial charge in [0.25, 0.3) is 0 Å². The van der Waals surface area contributed by atoms with Gasteiger partial charge in [0, 0.05) is 38.6 Å². The summed E-state index contributed by atoms with van der Waals surface area (Å²) in [6.45, 7) is 4.22. The van der Waals surface area contributed by atoms with Crippen LogP contribution in [0, 0.1) is 0 Å². The molecular weight excluding hydrogens is 268 g/mol. The Morgan fingerprint density at radius 2 is 1.67 bits per heavy atom. The predicted octanol–water partition coefficient (Wildman–Crippen LogP) is -0.291. The molecule has 0 radical (unpaired) electrons. The highest BCUT2D eigenvalue weighted by atomic mass is 16.1. The van der Waals surface area contributed by atoms with Crippen molar-refractivity contribution in [3.63, 3.8) is 0 Å². The molecule has 1 aliphatic carbocycles. The van der Waals surface area contributed by atoms with Gasteiger partial charge >= 0.3 is 0 Å². The van der Waals surface area contributed by atoms with Crippen LogP contribution in [0.1, 0.15) is 38.5 Å². The molecule has 0 bridgehead atoms. The van der Waals surface area contributed by atoms with E-state index in [0.717, 1.165) is 32.2 Å². The Morgan fingerprint density at radius 1 is 1.05 bits per heavy atom. The lowest BCUT2D eigenvalue weighted by Gasteiger charge is -2.40. The van der Waals surface area contributed by atoms with Crippen LogP contribution in [-0.4, -0.2) is 66.3 Å². The summed E-state index contributed by atoms with van der Waals surface area (Å²) in [4.78, 5) is 27.5. The molecule has 1 saturated carbocycles. The average molecular weight is 296 g/mol. The number of primary amides is 1. The zero-order valence-electron chi connectivity index (χ0n) is 12.8. The first kappa shape index (κ1) is 16.4. The molecule has 0 aromatic heterocycles. The largest absolute Gasteiger partial charge is 0.370 e. The lowest BCUT2D eigenvalue weighted by Crippen LogP contribution is -2.53. The monoisotopic (exact) mass is 296 g/mol. The minimum atomic E-state index is -0.751. The van der Waals surface area contributed by atoms with E-state index in [2.05, 4.69) is 9.80 Å². The van der Waals surface area contributed by atoms with Crippen LogP contribution in [0.5, 0.6) is 0 Å². The summed E-state index contributed by atoms with van der Waals surface area (Å²) in [6, 6.07) is -0.00686. The average Bonchev–Trinajstić information content (AvgIpc) is 2.48. The number of amides is 1. The van der Waals surface area contributed by atoms with Gasteiger partial charge in [0.1, 0.15) is 0 Å². The van der Waals surface area contributed by atoms with E-state index in [0.29, 0.717) is 6.54 Å². The predicted molar refractivity (Wildman–Crippen MR) is 81.7 cm³/mol. The number of rotatable bonds is 6. The lowest BCUT2D eigenvalue weighted by molar-refractivity contribution is -0.126. The molecule has 1 unspecified atom stereocenters. The van der Waals surface area contributed by atoms with Gasteiger partial charge in [-0.05, 0) is 12.8 Å². The first-order valence-electron chi connectivity index (χ1n) is 8.09. The second-order valence-corrected chi connectivity index (χ2v) is 6.35. The van der Waals surface area contributed by atoms with E-state index in [9.17, 15) is 9.59 Å². The van der Waals surface area contributed by atoms with Gasteiger partial charge in [0.2, 0.25) is 5.91 Å². The van der Waals surface area contributed by atoms with Crippen LogP contribution < -0.4 is 11.5 Å². The topological polar surface area (TPSA) is 92.7 Å². The number of carbonyl (C=O) groups excluding carboxylic acids is 2. The van der Waals surface area contributed by atoms with E-state index in [-0.39, 0.29) is 12.2 Å². The van der Waals surface area contributed by atoms with Crippen LogP contribution in [0.2, 0.25) is 0 Å². The molecule has 1 amide bonds. The van der Waals surface area contributed by atoms with Gasteiger partial charge in [0.05, 0.1) is 12.6 Å². The highest BCUT2D eigenvalue weighted by molar-refractivity contribution is 5.90. The molecule has 2 aliphatic rings. The zero-order chi connectivity index (χ0) is 15.2. The zero-order valence-corrected chi connectivity index (χ0v) is 12.8. The fraction of sp³-hybridized carbons (Fsp3) is 0.867. The van der Waals surface area contributed by atoms with E-state index in [4.69, 9.17) is 11.5 Å². The number of hydrogen-bond donors (Lipinski definition) is 2. The summed E-state index contributed by atoms with van der Waals surface area (Å²) in [7, 11) is 0. The molecule has 120 valence electrons. The maximum atomic E-state index is 11.9. The van der Waals surface area contributed by atoms with Gasteiger partial charge in [-0.15, -0.1) is 0 Å². The number of carbonyl (C=O) groups is 2. The Balaban J connectivity index is 1.71. The number of nitrogens with zero attached hydrogens (tertiary/aromatic N) is 2. The van der Waals surface area contributed by atoms with Crippen molar-refractivity contribution in [1.82, 2.24) is 9.80 Å². The van der Waals surface area contributed by atoms with Crippen molar-refractivity contribution in [1.29, 1.82) is 0 Å². The second kappa shape index (κ2) is 7.87. The fourth-order valence-electron chi connectivity index (χ4n) is 3.40. The molecule has 2 rings (SSSR count). The first-order chi connectivity index (χ1) is 10.1. The van der Waals surface area contributed by atoms with Crippen LogP contribution >= 0.6 is 0 Å². The van der Waals surface area contributed by atoms with E-state index < -0.39 is 11.9 Å². The van der Waals surface area contributed by atoms with Crippen molar-refractivity contribution in [3.8, 4) is 0 Å². The molecule has 0 aromatic carbocycles. The van der Waals surface area contributed by atoms with Gasteiger partial charge < -0.3 is 11.5 Å². The molecule has 6 heteroatoms. The molecule has 6 nitrogen and oxygen atoms in total. The normalized spacial score (nSPS) is 23.9. The third-order valence-corrected chi connectivity index (χ3v) is 4.71. The van der Waals surface area contributed by atoms with Crippen molar-refractivity contribution < 1.29 is 9.59 Å². The van der Waals surface area contributed by atoms with Crippen molar-refractivity contribution in [2.45, 2.75) is 50.6 Å². The van der Waals surface area contributed by atoms with Crippen LogP contribution in [0.15, 0.2) is 0 Å². The van der Waals surface area contributed by atoms with E-state index in [1.807, 2.05) is 0 Å². The van der Waals surface area contributed by atoms with Crippen LogP contribution in [0.4, 0.5) is 0 Å². The number of hydrogen-bond acceptors (Lipinski definition) is 5. The Hall–Kier alpha value is -0.980. The number of nitrogens with two attached hydrogens (primary N) is 2. The Kier molecular flexibility index (Phi) is 6.14. The fourth-order valence-corrected chi connectivity index (χ4v) is 3.40. The molecule has 0 aromatic rings. The van der Waals surface area contributed by atoms with Gasteiger partial charge in [-0.3, -0.25) is 19.4 Å². The SMILES string of the molecule is NC(=O)CC(N)C(=O)CN1CCN(C2CCCCC2)CC1. The molecular formula is C15H28N4O2. The molecule has 21 heavy (non-hydrogen) atoms. The smallest absolute Gasteiger partial charge is 0.219 e. The summed E-state index contributed by atoms with van der Waals surface area (Å²) in [5, 5.41) is 0. The summed E-state index contributed by atoms with van der Waals surface area (Å²) in [6.07, 6.45) is 6.67. The summed E-state index contributed by atoms with van der Waals surface area (Å²) < 4.78 is 0. The quantitative estimate of drug-likeness (QED) is 0.702. The molecule has 0 spiro atoms. The third kappa shape index (κ3) is 5.05. The Morgan fingerprint density at radius 3 is 2.24 bits per heavy atom. The van der Waals surface area contributed by atoms with E-state index in [1.54, 1.807) is 0 Å².